The van der Waals surface area contributed by atoms with Crippen molar-refractivity contribution in [2.24, 2.45) is 0 Å². The van der Waals surface area contributed by atoms with E-state index in [-0.39, 0.29) is 4.81 Å². The molecule has 3 heteroatoms. The van der Waals surface area contributed by atoms with E-state index in [1.54, 1.807) is 14.2 Å². The molecule has 0 fully saturated rings. The number of quaternary nitrogens is 1. The highest BCUT2D eigenvalue weighted by Gasteiger charge is 2.29. The summed E-state index contributed by atoms with van der Waals surface area (Å²) in [5.41, 5.74) is 1.24. The molecule has 0 atom stereocenters. The molecule has 0 bridgehead atoms. The Balaban J connectivity index is 2.17. The molecule has 0 unspecified atom stereocenters. The summed E-state index contributed by atoms with van der Waals surface area (Å²) in [5.74, 6) is 0. The van der Waals surface area contributed by atoms with Crippen molar-refractivity contribution >= 4 is 0 Å². The second-order valence-electron chi connectivity index (χ2n) is 6.73. The van der Waals surface area contributed by atoms with E-state index in [9.17, 15) is 0 Å². The third-order valence-corrected chi connectivity index (χ3v) is 4.78. The molecular weight excluding hydrogens is 298 g/mol. The largest absolute Gasteiger partial charge is 0.171 e. The Morgan fingerprint density at radius 1 is 0.708 bits per heavy atom. The molecule has 0 N–H and O–H groups in total. The van der Waals surface area contributed by atoms with Gasteiger partial charge in [0.25, 0.3) is 0 Å². The van der Waals surface area contributed by atoms with Crippen molar-refractivity contribution < 1.29 is 14.5 Å². The number of benzene rings is 1. The molecule has 0 saturated heterocycles. The van der Waals surface area contributed by atoms with Gasteiger partial charge in [-0.05, 0) is 11.2 Å². The molecule has 24 heavy (non-hydrogen) atoms. The molecule has 0 amide bonds. The highest BCUT2D eigenvalue weighted by molar-refractivity contribution is 5.13. The lowest BCUT2D eigenvalue weighted by atomic mass is 10.1. The van der Waals surface area contributed by atoms with Crippen molar-refractivity contribution in [3.63, 3.8) is 0 Å². The van der Waals surface area contributed by atoms with Crippen molar-refractivity contribution in [3.05, 3.63) is 35.9 Å². The maximum atomic E-state index is 5.69. The Kier molecular flexibility index (Phi) is 11.8. The average Bonchev–Trinajstić information content (AvgIpc) is 2.63. The first-order valence-electron chi connectivity index (χ1n) is 9.79. The summed E-state index contributed by atoms with van der Waals surface area (Å²) in [4.78, 5) is 11.6. The van der Waals surface area contributed by atoms with Gasteiger partial charge >= 0.3 is 0 Å². The topological polar surface area (TPSA) is 18.5 Å². The lowest BCUT2D eigenvalue weighted by molar-refractivity contribution is -1.25. The number of unbranched alkanes of at least 4 members (excludes halogenated alkanes) is 9. The van der Waals surface area contributed by atoms with Gasteiger partial charge in [0.1, 0.15) is 6.54 Å². The van der Waals surface area contributed by atoms with E-state index in [1.807, 2.05) is 6.07 Å². The minimum absolute atomic E-state index is 0.251. The van der Waals surface area contributed by atoms with Gasteiger partial charge in [-0.25, -0.2) is 0 Å². The lowest BCUT2D eigenvalue weighted by Crippen LogP contribution is -2.45. The number of nitrogens with zero attached hydrogens (tertiary/aromatic N) is 1. The van der Waals surface area contributed by atoms with E-state index in [2.05, 4.69) is 31.2 Å². The summed E-state index contributed by atoms with van der Waals surface area (Å²) in [6.45, 7) is 3.93. The van der Waals surface area contributed by atoms with Gasteiger partial charge in [0.2, 0.25) is 0 Å². The Morgan fingerprint density at radius 3 is 1.71 bits per heavy atom. The van der Waals surface area contributed by atoms with Gasteiger partial charge < -0.3 is 0 Å². The van der Waals surface area contributed by atoms with Crippen molar-refractivity contribution in [1.82, 2.24) is 0 Å². The molecule has 0 saturated carbocycles. The fraction of sp³-hybridized carbons (Fsp3) is 0.714. The van der Waals surface area contributed by atoms with E-state index < -0.39 is 0 Å². The number of rotatable bonds is 15. The number of hydrogen-bond acceptors (Lipinski definition) is 2. The highest BCUT2D eigenvalue weighted by atomic mass is 17.0. The molecule has 1 aromatic rings. The Bertz CT molecular complexity index is 390. The molecule has 0 aliphatic heterocycles. The first-order chi connectivity index (χ1) is 11.8. The zero-order chi connectivity index (χ0) is 17.5. The van der Waals surface area contributed by atoms with Crippen LogP contribution in [0.1, 0.15) is 76.7 Å². The molecule has 0 heterocycles. The molecule has 1 aromatic carbocycles. The molecule has 138 valence electrons. The van der Waals surface area contributed by atoms with Gasteiger partial charge in [-0.2, -0.15) is 9.68 Å². The molecule has 0 radical (unpaired) electrons. The van der Waals surface area contributed by atoms with Crippen LogP contribution in [0.4, 0.5) is 0 Å². The number of hydrogen-bond donors (Lipinski definition) is 0. The Morgan fingerprint density at radius 2 is 1.21 bits per heavy atom. The van der Waals surface area contributed by atoms with Crippen LogP contribution in [0.25, 0.3) is 0 Å². The molecule has 3 nitrogen and oxygen atoms in total. The fourth-order valence-electron chi connectivity index (χ4n) is 3.17. The molecule has 0 aromatic heterocycles. The summed E-state index contributed by atoms with van der Waals surface area (Å²) in [5, 5.41) is 0. The van der Waals surface area contributed by atoms with Crippen LogP contribution >= 0.6 is 0 Å². The van der Waals surface area contributed by atoms with Crippen LogP contribution in [0.3, 0.4) is 0 Å². The van der Waals surface area contributed by atoms with Gasteiger partial charge in [0.05, 0.1) is 14.2 Å². The fourth-order valence-corrected chi connectivity index (χ4v) is 3.17. The first-order valence-corrected chi connectivity index (χ1v) is 9.79. The van der Waals surface area contributed by atoms with Gasteiger partial charge in [0, 0.05) is 12.0 Å². The van der Waals surface area contributed by atoms with Crippen LogP contribution in [0.2, 0.25) is 0 Å². The smallest absolute Gasteiger partial charge is 0.168 e. The monoisotopic (exact) mass is 336 g/mol. The second kappa shape index (κ2) is 13.4. The molecule has 0 aliphatic rings. The van der Waals surface area contributed by atoms with E-state index in [0.29, 0.717) is 0 Å². The van der Waals surface area contributed by atoms with Crippen LogP contribution in [0, 0.1) is 0 Å². The van der Waals surface area contributed by atoms with Crippen LogP contribution in [-0.4, -0.2) is 25.6 Å². The molecular formula is C21H38NO2+. The first kappa shape index (κ1) is 21.1. The summed E-state index contributed by atoms with van der Waals surface area (Å²) in [6.07, 6.45) is 13.5. The predicted molar refractivity (Wildman–Crippen MR) is 101 cm³/mol. The molecule has 1 rings (SSSR count). The predicted octanol–water partition coefficient (Wildman–Crippen LogP) is 6.05. The molecule has 0 spiro atoms. The minimum atomic E-state index is 0.251. The maximum Gasteiger partial charge on any atom is 0.168 e. The SMILES string of the molecule is CCCCCCCCCCCC[N+](Cc1ccccc1)(OC)OC. The van der Waals surface area contributed by atoms with E-state index >= 15 is 0 Å². The highest BCUT2D eigenvalue weighted by Crippen LogP contribution is 2.18. The molecule has 0 aliphatic carbocycles. The average molecular weight is 337 g/mol. The third kappa shape index (κ3) is 8.81. The van der Waals surface area contributed by atoms with E-state index in [4.69, 9.17) is 9.68 Å². The second-order valence-corrected chi connectivity index (χ2v) is 6.73. The van der Waals surface area contributed by atoms with Crippen LogP contribution < -0.4 is 0 Å². The Hall–Kier alpha value is -0.900. The van der Waals surface area contributed by atoms with E-state index in [0.717, 1.165) is 19.5 Å². The zero-order valence-corrected chi connectivity index (χ0v) is 16.1. The van der Waals surface area contributed by atoms with Crippen molar-refractivity contribution in [3.8, 4) is 0 Å². The quantitative estimate of drug-likeness (QED) is 0.221. The maximum absolute atomic E-state index is 5.69. The van der Waals surface area contributed by atoms with Crippen LogP contribution in [0.5, 0.6) is 0 Å². The van der Waals surface area contributed by atoms with Crippen LogP contribution in [0.15, 0.2) is 30.3 Å². The van der Waals surface area contributed by atoms with Gasteiger partial charge in [0.15, 0.2) is 6.54 Å². The summed E-state index contributed by atoms with van der Waals surface area (Å²) < 4.78 is 0. The zero-order valence-electron chi connectivity index (χ0n) is 16.1. The Labute approximate surface area is 149 Å². The number of hydroxylamine groups is 4. The lowest BCUT2D eigenvalue weighted by Gasteiger charge is -2.30. The van der Waals surface area contributed by atoms with E-state index in [1.165, 1.54) is 63.4 Å². The van der Waals surface area contributed by atoms with Crippen molar-refractivity contribution in [1.29, 1.82) is 0 Å². The van der Waals surface area contributed by atoms with Gasteiger partial charge in [-0.1, -0.05) is 88.6 Å². The summed E-state index contributed by atoms with van der Waals surface area (Å²) >= 11 is 0. The normalized spacial score (nSPS) is 11.8. The van der Waals surface area contributed by atoms with Crippen molar-refractivity contribution in [2.45, 2.75) is 77.7 Å². The third-order valence-electron chi connectivity index (χ3n) is 4.78. The minimum Gasteiger partial charge on any atom is -0.171 e. The summed E-state index contributed by atoms with van der Waals surface area (Å²) in [7, 11) is 3.48. The van der Waals surface area contributed by atoms with Crippen LogP contribution in [-0.2, 0) is 16.2 Å². The van der Waals surface area contributed by atoms with Gasteiger partial charge in [-0.3, -0.25) is 0 Å². The van der Waals surface area contributed by atoms with Gasteiger partial charge in [-0.15, -0.1) is 0 Å². The summed E-state index contributed by atoms with van der Waals surface area (Å²) in [6, 6.07) is 10.4. The standard InChI is InChI=1S/C21H38NO2/c1-4-5-6-7-8-9-10-11-12-16-19-22(23-2,24-3)20-21-17-14-13-15-18-21/h13-15,17-18H,4-12,16,19-20H2,1-3H3/q+1. The van der Waals surface area contributed by atoms with Crippen molar-refractivity contribution in [2.75, 3.05) is 20.8 Å².